The second-order valence-corrected chi connectivity index (χ2v) is 6.39. The van der Waals surface area contributed by atoms with E-state index in [1.54, 1.807) is 6.07 Å². The normalized spacial score (nSPS) is 14.0. The second kappa shape index (κ2) is 9.89. The van der Waals surface area contributed by atoms with Crippen molar-refractivity contribution < 1.29 is 18.0 Å². The van der Waals surface area contributed by atoms with Crippen molar-refractivity contribution in [2.45, 2.75) is 58.3 Å². The molecule has 138 valence electrons. The van der Waals surface area contributed by atoms with Gasteiger partial charge in [-0.05, 0) is 43.4 Å². The minimum Gasteiger partial charge on any atom is -0.349 e. The van der Waals surface area contributed by atoms with Crippen LogP contribution in [0.15, 0.2) is 24.3 Å². The van der Waals surface area contributed by atoms with Gasteiger partial charge < -0.3 is 11.1 Å². The van der Waals surface area contributed by atoms with Crippen LogP contribution in [0.25, 0.3) is 0 Å². The summed E-state index contributed by atoms with van der Waals surface area (Å²) in [6, 6.07) is 4.62. The molecule has 24 heavy (non-hydrogen) atoms. The highest BCUT2D eigenvalue weighted by Gasteiger charge is 2.31. The van der Waals surface area contributed by atoms with Crippen LogP contribution in [0.5, 0.6) is 0 Å². The Morgan fingerprint density at radius 2 is 1.88 bits per heavy atom. The Labute approximate surface area is 147 Å². The van der Waals surface area contributed by atoms with Crippen LogP contribution in [0.3, 0.4) is 0 Å². The van der Waals surface area contributed by atoms with Crippen LogP contribution in [-0.2, 0) is 11.0 Å². The molecule has 0 spiro atoms. The third kappa shape index (κ3) is 8.02. The Hall–Kier alpha value is -1.27. The molecule has 1 aromatic rings. The quantitative estimate of drug-likeness (QED) is 0.748. The molecule has 0 radical (unpaired) electrons. The lowest BCUT2D eigenvalue weighted by atomic mass is 9.95. The average Bonchev–Trinajstić information content (AvgIpc) is 2.43. The number of halogens is 4. The van der Waals surface area contributed by atoms with Crippen molar-refractivity contribution in [2.75, 3.05) is 0 Å². The zero-order valence-corrected chi connectivity index (χ0v) is 15.0. The number of benzene rings is 1. The van der Waals surface area contributed by atoms with Gasteiger partial charge in [0.15, 0.2) is 0 Å². The summed E-state index contributed by atoms with van der Waals surface area (Å²) in [5.41, 5.74) is 5.40. The monoisotopic (exact) mass is 366 g/mol. The molecule has 0 saturated carbocycles. The van der Waals surface area contributed by atoms with Gasteiger partial charge in [-0.1, -0.05) is 26.0 Å². The topological polar surface area (TPSA) is 55.1 Å². The van der Waals surface area contributed by atoms with Gasteiger partial charge in [-0.25, -0.2) is 0 Å². The van der Waals surface area contributed by atoms with Crippen molar-refractivity contribution in [1.29, 1.82) is 0 Å². The molecule has 0 aliphatic rings. The maximum absolute atomic E-state index is 12.9. The zero-order chi connectivity index (χ0) is 17.6. The van der Waals surface area contributed by atoms with Gasteiger partial charge in [0, 0.05) is 12.5 Å². The maximum atomic E-state index is 12.9. The van der Waals surface area contributed by atoms with E-state index in [2.05, 4.69) is 5.32 Å². The lowest BCUT2D eigenvalue weighted by Crippen LogP contribution is -2.30. The molecule has 0 aliphatic heterocycles. The number of rotatable bonds is 7. The zero-order valence-electron chi connectivity index (χ0n) is 14.2. The van der Waals surface area contributed by atoms with Crippen LogP contribution in [0.1, 0.15) is 57.2 Å². The number of alkyl halides is 3. The van der Waals surface area contributed by atoms with Crippen molar-refractivity contribution in [3.63, 3.8) is 0 Å². The first kappa shape index (κ1) is 22.7. The van der Waals surface area contributed by atoms with Crippen LogP contribution in [0.2, 0.25) is 0 Å². The van der Waals surface area contributed by atoms with Crippen molar-refractivity contribution in [1.82, 2.24) is 5.32 Å². The van der Waals surface area contributed by atoms with Gasteiger partial charge in [0.05, 0.1) is 11.6 Å². The molecule has 7 heteroatoms. The van der Waals surface area contributed by atoms with Crippen molar-refractivity contribution >= 4 is 18.3 Å². The minimum absolute atomic E-state index is 0. The summed E-state index contributed by atoms with van der Waals surface area (Å²) in [5, 5.41) is 2.84. The van der Waals surface area contributed by atoms with E-state index in [0.717, 1.165) is 12.1 Å². The molecule has 1 rings (SSSR count). The SMILES string of the molecule is CC(C)CC(NC(=O)CCC(C)N)c1cccc(C(F)(F)F)c1.Cl. The van der Waals surface area contributed by atoms with Gasteiger partial charge >= 0.3 is 6.18 Å². The van der Waals surface area contributed by atoms with E-state index >= 15 is 0 Å². The van der Waals surface area contributed by atoms with E-state index in [9.17, 15) is 18.0 Å². The number of carbonyl (C=O) groups excluding carboxylic acids is 1. The first-order valence-corrected chi connectivity index (χ1v) is 7.81. The molecular weight excluding hydrogens is 341 g/mol. The van der Waals surface area contributed by atoms with E-state index in [0.29, 0.717) is 18.4 Å². The molecular formula is C17H26ClF3N2O. The Bertz CT molecular complexity index is 519. The number of nitrogens with one attached hydrogen (secondary N) is 1. The number of hydrogen-bond donors (Lipinski definition) is 2. The highest BCUT2D eigenvalue weighted by Crippen LogP contribution is 2.32. The predicted molar refractivity (Wildman–Crippen MR) is 91.9 cm³/mol. The van der Waals surface area contributed by atoms with Crippen molar-refractivity contribution in [3.8, 4) is 0 Å². The standard InChI is InChI=1S/C17H25F3N2O.ClH/c1-11(2)9-15(22-16(23)8-7-12(3)21)13-5-4-6-14(10-13)17(18,19)20;/h4-6,10-12,15H,7-9,21H2,1-3H3,(H,22,23);1H. The molecule has 2 atom stereocenters. The lowest BCUT2D eigenvalue weighted by Gasteiger charge is -2.22. The summed E-state index contributed by atoms with van der Waals surface area (Å²) >= 11 is 0. The molecule has 1 aromatic carbocycles. The molecule has 3 nitrogen and oxygen atoms in total. The summed E-state index contributed by atoms with van der Waals surface area (Å²) in [6.07, 6.45) is -3.00. The number of carbonyl (C=O) groups is 1. The van der Waals surface area contributed by atoms with E-state index in [1.165, 1.54) is 6.07 Å². The Balaban J connectivity index is 0.00000529. The number of amides is 1. The molecule has 0 fully saturated rings. The largest absolute Gasteiger partial charge is 0.416 e. The molecule has 3 N–H and O–H groups in total. The fraction of sp³-hybridized carbons (Fsp3) is 0.588. The van der Waals surface area contributed by atoms with Crippen LogP contribution in [0, 0.1) is 5.92 Å². The first-order chi connectivity index (χ1) is 10.6. The number of nitrogens with two attached hydrogens (primary N) is 1. The predicted octanol–water partition coefficient (Wildman–Crippen LogP) is 4.46. The molecule has 0 saturated heterocycles. The summed E-state index contributed by atoms with van der Waals surface area (Å²) in [4.78, 5) is 12.0. The minimum atomic E-state index is -4.39. The summed E-state index contributed by atoms with van der Waals surface area (Å²) in [6.45, 7) is 5.75. The van der Waals surface area contributed by atoms with Gasteiger partial charge in [-0.15, -0.1) is 12.4 Å². The number of hydrogen-bond acceptors (Lipinski definition) is 2. The van der Waals surface area contributed by atoms with E-state index in [-0.39, 0.29) is 36.7 Å². The first-order valence-electron chi connectivity index (χ1n) is 7.81. The molecule has 0 bridgehead atoms. The summed E-state index contributed by atoms with van der Waals surface area (Å²) in [5.74, 6) is 0.0497. The lowest BCUT2D eigenvalue weighted by molar-refractivity contribution is -0.137. The highest BCUT2D eigenvalue weighted by atomic mass is 35.5. The Morgan fingerprint density at radius 3 is 2.38 bits per heavy atom. The smallest absolute Gasteiger partial charge is 0.349 e. The van der Waals surface area contributed by atoms with E-state index in [1.807, 2.05) is 20.8 Å². The summed E-state index contributed by atoms with van der Waals surface area (Å²) < 4.78 is 38.6. The van der Waals surface area contributed by atoms with Crippen LogP contribution < -0.4 is 11.1 Å². The third-order valence-electron chi connectivity index (χ3n) is 3.49. The van der Waals surface area contributed by atoms with E-state index in [4.69, 9.17) is 5.73 Å². The molecule has 0 aromatic heterocycles. The van der Waals surface area contributed by atoms with Gasteiger partial charge in [0.1, 0.15) is 0 Å². The maximum Gasteiger partial charge on any atom is 0.416 e. The van der Waals surface area contributed by atoms with Crippen LogP contribution in [0.4, 0.5) is 13.2 Å². The molecule has 1 amide bonds. The highest BCUT2D eigenvalue weighted by molar-refractivity contribution is 5.85. The Kier molecular flexibility index (Phi) is 9.37. The van der Waals surface area contributed by atoms with Gasteiger partial charge in [-0.2, -0.15) is 13.2 Å². The molecule has 0 heterocycles. The van der Waals surface area contributed by atoms with Crippen LogP contribution in [-0.4, -0.2) is 11.9 Å². The average molecular weight is 367 g/mol. The summed E-state index contributed by atoms with van der Waals surface area (Å²) in [7, 11) is 0. The third-order valence-corrected chi connectivity index (χ3v) is 3.49. The van der Waals surface area contributed by atoms with Gasteiger partial charge in [0.2, 0.25) is 5.91 Å². The van der Waals surface area contributed by atoms with Crippen molar-refractivity contribution in [2.24, 2.45) is 11.7 Å². The van der Waals surface area contributed by atoms with Crippen molar-refractivity contribution in [3.05, 3.63) is 35.4 Å². The van der Waals surface area contributed by atoms with Gasteiger partial charge in [-0.3, -0.25) is 4.79 Å². The fourth-order valence-electron chi connectivity index (χ4n) is 2.31. The molecule has 0 aliphatic carbocycles. The fourth-order valence-corrected chi connectivity index (χ4v) is 2.31. The van der Waals surface area contributed by atoms with Gasteiger partial charge in [0.25, 0.3) is 0 Å². The molecule has 2 unspecified atom stereocenters. The van der Waals surface area contributed by atoms with E-state index < -0.39 is 17.8 Å². The van der Waals surface area contributed by atoms with Crippen LogP contribution >= 0.6 is 12.4 Å². The second-order valence-electron chi connectivity index (χ2n) is 6.39. The Morgan fingerprint density at radius 1 is 1.25 bits per heavy atom.